The van der Waals surface area contributed by atoms with E-state index in [1.807, 2.05) is 0 Å². The minimum absolute atomic E-state index is 0.201. The summed E-state index contributed by atoms with van der Waals surface area (Å²) in [6.07, 6.45) is 4.43. The number of aromatic amines is 1. The fourth-order valence-electron chi connectivity index (χ4n) is 1.99. The molecular formula is C11H13NO3. The first-order valence-electron chi connectivity index (χ1n) is 5.14. The number of pyridine rings is 1. The van der Waals surface area contributed by atoms with Crippen molar-refractivity contribution in [3.05, 3.63) is 33.2 Å². The Hall–Kier alpha value is -1.58. The topological polar surface area (TPSA) is 59.2 Å². The van der Waals surface area contributed by atoms with Crippen molar-refractivity contribution in [1.29, 1.82) is 0 Å². The molecule has 1 aliphatic carbocycles. The highest BCUT2D eigenvalue weighted by Crippen LogP contribution is 2.22. The molecule has 0 saturated heterocycles. The van der Waals surface area contributed by atoms with Crippen molar-refractivity contribution >= 4 is 5.97 Å². The summed E-state index contributed by atoms with van der Waals surface area (Å²) in [6, 6.07) is 0. The van der Waals surface area contributed by atoms with Crippen LogP contribution in [0.1, 0.15) is 34.8 Å². The Balaban J connectivity index is 2.50. The standard InChI is InChI=1S/C11H13NO3/c1-2-15-11(14)9-8-5-3-4-7(8)6-12-10(9)13/h6H,2-5H2,1H3,(H,12,13). The maximum Gasteiger partial charge on any atom is 0.344 e. The summed E-state index contributed by atoms with van der Waals surface area (Å²) in [6.45, 7) is 2.02. The second-order valence-corrected chi connectivity index (χ2v) is 3.57. The molecule has 0 saturated carbocycles. The number of H-pyrrole nitrogens is 1. The van der Waals surface area contributed by atoms with Crippen LogP contribution >= 0.6 is 0 Å². The third-order valence-corrected chi connectivity index (χ3v) is 2.65. The molecule has 2 rings (SSSR count). The van der Waals surface area contributed by atoms with E-state index < -0.39 is 5.97 Å². The van der Waals surface area contributed by atoms with Gasteiger partial charge in [0.25, 0.3) is 5.56 Å². The van der Waals surface area contributed by atoms with Crippen LogP contribution in [0.5, 0.6) is 0 Å². The lowest BCUT2D eigenvalue weighted by Crippen LogP contribution is -2.22. The summed E-state index contributed by atoms with van der Waals surface area (Å²) >= 11 is 0. The SMILES string of the molecule is CCOC(=O)c1c2c(c[nH]c1=O)CCC2. The molecule has 1 N–H and O–H groups in total. The van der Waals surface area contributed by atoms with Crippen LogP contribution in [0.15, 0.2) is 11.0 Å². The van der Waals surface area contributed by atoms with Crippen molar-refractivity contribution in [2.45, 2.75) is 26.2 Å². The molecule has 80 valence electrons. The summed E-state index contributed by atoms with van der Waals surface area (Å²) < 4.78 is 4.88. The van der Waals surface area contributed by atoms with Gasteiger partial charge < -0.3 is 9.72 Å². The van der Waals surface area contributed by atoms with Gasteiger partial charge in [0.05, 0.1) is 6.61 Å². The second kappa shape index (κ2) is 3.88. The van der Waals surface area contributed by atoms with Crippen molar-refractivity contribution in [1.82, 2.24) is 4.98 Å². The first-order valence-corrected chi connectivity index (χ1v) is 5.14. The zero-order chi connectivity index (χ0) is 10.8. The minimum atomic E-state index is -0.502. The third kappa shape index (κ3) is 1.67. The Morgan fingerprint density at radius 3 is 3.07 bits per heavy atom. The first kappa shape index (κ1) is 9.96. The zero-order valence-electron chi connectivity index (χ0n) is 8.63. The molecule has 0 aliphatic heterocycles. The number of nitrogens with one attached hydrogen (secondary N) is 1. The quantitative estimate of drug-likeness (QED) is 0.737. The maximum atomic E-state index is 11.6. The van der Waals surface area contributed by atoms with Gasteiger partial charge >= 0.3 is 5.97 Å². The van der Waals surface area contributed by atoms with Gasteiger partial charge in [-0.25, -0.2) is 4.79 Å². The number of aromatic nitrogens is 1. The fourth-order valence-corrected chi connectivity index (χ4v) is 1.99. The molecule has 0 fully saturated rings. The van der Waals surface area contributed by atoms with Crippen molar-refractivity contribution in [2.75, 3.05) is 6.61 Å². The van der Waals surface area contributed by atoms with E-state index in [-0.39, 0.29) is 11.1 Å². The summed E-state index contributed by atoms with van der Waals surface area (Å²) in [5.41, 5.74) is 1.80. The monoisotopic (exact) mass is 207 g/mol. The van der Waals surface area contributed by atoms with Crippen LogP contribution in [-0.4, -0.2) is 17.6 Å². The first-order chi connectivity index (χ1) is 7.24. The van der Waals surface area contributed by atoms with Crippen LogP contribution < -0.4 is 5.56 Å². The van der Waals surface area contributed by atoms with E-state index in [2.05, 4.69) is 4.98 Å². The Kier molecular flexibility index (Phi) is 2.58. The normalized spacial score (nSPS) is 13.7. The Bertz CT molecular complexity index is 448. The summed E-state index contributed by atoms with van der Waals surface area (Å²) in [5, 5.41) is 0. The number of hydrogen-bond donors (Lipinski definition) is 1. The Morgan fingerprint density at radius 1 is 1.53 bits per heavy atom. The molecule has 0 amide bonds. The average molecular weight is 207 g/mol. The molecule has 1 aromatic rings. The second-order valence-electron chi connectivity index (χ2n) is 3.57. The van der Waals surface area contributed by atoms with Crippen molar-refractivity contribution < 1.29 is 9.53 Å². The molecule has 4 nitrogen and oxygen atoms in total. The van der Waals surface area contributed by atoms with Crippen molar-refractivity contribution in [2.24, 2.45) is 0 Å². The molecule has 0 bridgehead atoms. The van der Waals surface area contributed by atoms with E-state index in [1.54, 1.807) is 13.1 Å². The lowest BCUT2D eigenvalue weighted by molar-refractivity contribution is 0.0523. The van der Waals surface area contributed by atoms with Crippen molar-refractivity contribution in [3.8, 4) is 0 Å². The number of fused-ring (bicyclic) bond motifs is 1. The smallest absolute Gasteiger partial charge is 0.344 e. The van der Waals surface area contributed by atoms with E-state index in [0.717, 1.165) is 30.4 Å². The van der Waals surface area contributed by atoms with Crippen LogP contribution in [-0.2, 0) is 17.6 Å². The summed E-state index contributed by atoms with van der Waals surface area (Å²) in [4.78, 5) is 25.7. The lowest BCUT2D eigenvalue weighted by atomic mass is 10.1. The predicted octanol–water partition coefficient (Wildman–Crippen LogP) is 1.04. The highest BCUT2D eigenvalue weighted by molar-refractivity contribution is 5.91. The van der Waals surface area contributed by atoms with Gasteiger partial charge in [-0.2, -0.15) is 0 Å². The maximum absolute atomic E-state index is 11.6. The highest BCUT2D eigenvalue weighted by Gasteiger charge is 2.23. The highest BCUT2D eigenvalue weighted by atomic mass is 16.5. The number of hydrogen-bond acceptors (Lipinski definition) is 3. The van der Waals surface area contributed by atoms with Gasteiger partial charge in [-0.15, -0.1) is 0 Å². The fraction of sp³-hybridized carbons (Fsp3) is 0.455. The molecule has 0 atom stereocenters. The van der Waals surface area contributed by atoms with Crippen LogP contribution in [0.4, 0.5) is 0 Å². The van der Waals surface area contributed by atoms with Gasteiger partial charge in [-0.1, -0.05) is 0 Å². The van der Waals surface area contributed by atoms with Gasteiger partial charge in [0.2, 0.25) is 0 Å². The molecule has 0 unspecified atom stereocenters. The Labute approximate surface area is 87.3 Å². The minimum Gasteiger partial charge on any atom is -0.462 e. The van der Waals surface area contributed by atoms with Crippen LogP contribution in [0.3, 0.4) is 0 Å². The van der Waals surface area contributed by atoms with Gasteiger partial charge in [0.15, 0.2) is 0 Å². The van der Waals surface area contributed by atoms with Gasteiger partial charge in [0.1, 0.15) is 5.56 Å². The molecule has 0 spiro atoms. The number of rotatable bonds is 2. The summed E-state index contributed by atoms with van der Waals surface area (Å²) in [5.74, 6) is -0.502. The van der Waals surface area contributed by atoms with E-state index in [9.17, 15) is 9.59 Å². The molecule has 4 heteroatoms. The molecule has 0 aromatic carbocycles. The number of aryl methyl sites for hydroxylation is 1. The average Bonchev–Trinajstić information content (AvgIpc) is 2.65. The van der Waals surface area contributed by atoms with Crippen LogP contribution in [0.25, 0.3) is 0 Å². The van der Waals surface area contributed by atoms with E-state index in [0.29, 0.717) is 6.61 Å². The lowest BCUT2D eigenvalue weighted by Gasteiger charge is -2.05. The molecular weight excluding hydrogens is 194 g/mol. The van der Waals surface area contributed by atoms with E-state index in [4.69, 9.17) is 4.74 Å². The zero-order valence-corrected chi connectivity index (χ0v) is 8.63. The Morgan fingerprint density at radius 2 is 2.33 bits per heavy atom. The van der Waals surface area contributed by atoms with Gasteiger partial charge in [-0.3, -0.25) is 4.79 Å². The number of carbonyl (C=O) groups is 1. The third-order valence-electron chi connectivity index (χ3n) is 2.65. The van der Waals surface area contributed by atoms with E-state index >= 15 is 0 Å². The van der Waals surface area contributed by atoms with Crippen LogP contribution in [0.2, 0.25) is 0 Å². The van der Waals surface area contributed by atoms with Crippen molar-refractivity contribution in [3.63, 3.8) is 0 Å². The number of ether oxygens (including phenoxy) is 1. The van der Waals surface area contributed by atoms with Gasteiger partial charge in [0, 0.05) is 6.20 Å². The van der Waals surface area contributed by atoms with E-state index in [1.165, 1.54) is 0 Å². The number of esters is 1. The van der Waals surface area contributed by atoms with Crippen LogP contribution in [0, 0.1) is 0 Å². The molecule has 1 heterocycles. The molecule has 1 aliphatic rings. The molecule has 15 heavy (non-hydrogen) atoms. The number of carbonyl (C=O) groups excluding carboxylic acids is 1. The van der Waals surface area contributed by atoms with Gasteiger partial charge in [-0.05, 0) is 37.3 Å². The molecule has 0 radical (unpaired) electrons. The predicted molar refractivity (Wildman–Crippen MR) is 55.0 cm³/mol. The largest absolute Gasteiger partial charge is 0.462 e. The molecule has 1 aromatic heterocycles. The summed E-state index contributed by atoms with van der Waals surface area (Å²) in [7, 11) is 0.